The number of amides is 2. The smallest absolute Gasteiger partial charge is 0.232 e. The number of carbonyl (C=O) groups is 2. The predicted molar refractivity (Wildman–Crippen MR) is 81.3 cm³/mol. The van der Waals surface area contributed by atoms with Crippen molar-refractivity contribution in [3.63, 3.8) is 0 Å². The van der Waals surface area contributed by atoms with E-state index in [9.17, 15) is 9.59 Å². The van der Waals surface area contributed by atoms with Gasteiger partial charge < -0.3 is 14.5 Å². The van der Waals surface area contributed by atoms with Crippen molar-refractivity contribution in [1.29, 1.82) is 0 Å². The minimum Gasteiger partial charge on any atom is -0.381 e. The van der Waals surface area contributed by atoms with Gasteiger partial charge in [-0.25, -0.2) is 0 Å². The zero-order chi connectivity index (χ0) is 15.1. The first-order chi connectivity index (χ1) is 10.7. The number of carbonyl (C=O) groups excluding carboxylic acids is 2. The Morgan fingerprint density at radius 2 is 1.95 bits per heavy atom. The molecule has 4 rings (SSSR count). The number of hydrogen-bond acceptors (Lipinski definition) is 3. The van der Waals surface area contributed by atoms with Crippen LogP contribution in [0.1, 0.15) is 6.42 Å². The van der Waals surface area contributed by atoms with Crippen LogP contribution in [0.25, 0.3) is 0 Å². The summed E-state index contributed by atoms with van der Waals surface area (Å²) in [6.45, 7) is 3.21. The van der Waals surface area contributed by atoms with Gasteiger partial charge >= 0.3 is 0 Å². The van der Waals surface area contributed by atoms with Gasteiger partial charge in [0, 0.05) is 37.8 Å². The van der Waals surface area contributed by atoms with Crippen LogP contribution in [-0.4, -0.2) is 49.6 Å². The highest BCUT2D eigenvalue weighted by molar-refractivity contribution is 5.98. The molecule has 1 aromatic carbocycles. The van der Waals surface area contributed by atoms with E-state index in [0.717, 1.165) is 18.7 Å². The molecule has 2 amide bonds. The van der Waals surface area contributed by atoms with E-state index in [1.54, 1.807) is 0 Å². The highest BCUT2D eigenvalue weighted by Crippen LogP contribution is 2.36. The zero-order valence-electron chi connectivity index (χ0n) is 12.5. The number of ether oxygens (including phenoxy) is 1. The summed E-state index contributed by atoms with van der Waals surface area (Å²) >= 11 is 0. The van der Waals surface area contributed by atoms with E-state index < -0.39 is 0 Å². The van der Waals surface area contributed by atoms with Gasteiger partial charge in [-0.2, -0.15) is 0 Å². The Bertz CT molecular complexity index is 583. The van der Waals surface area contributed by atoms with Gasteiger partial charge in [0.1, 0.15) is 0 Å². The van der Waals surface area contributed by atoms with Crippen LogP contribution in [0.5, 0.6) is 0 Å². The van der Waals surface area contributed by atoms with Crippen molar-refractivity contribution in [2.45, 2.75) is 6.42 Å². The monoisotopic (exact) mass is 300 g/mol. The van der Waals surface area contributed by atoms with E-state index in [1.807, 2.05) is 40.1 Å². The number of para-hydroxylation sites is 1. The Labute approximate surface area is 129 Å². The number of anilines is 1. The number of fused-ring (bicyclic) bond motifs is 1. The minimum absolute atomic E-state index is 0.000782. The lowest BCUT2D eigenvalue weighted by Crippen LogP contribution is -2.38. The lowest BCUT2D eigenvalue weighted by atomic mass is 10.0. The van der Waals surface area contributed by atoms with Crippen LogP contribution in [0.3, 0.4) is 0 Å². The molecule has 3 fully saturated rings. The number of likely N-dealkylation sites (tertiary alicyclic amines) is 1. The van der Waals surface area contributed by atoms with E-state index in [4.69, 9.17) is 4.74 Å². The second-order valence-electron chi connectivity index (χ2n) is 6.45. The molecule has 0 aliphatic carbocycles. The first kappa shape index (κ1) is 13.8. The summed E-state index contributed by atoms with van der Waals surface area (Å²) in [6.07, 6.45) is 0.814. The van der Waals surface area contributed by atoms with E-state index in [2.05, 4.69) is 0 Å². The lowest BCUT2D eigenvalue weighted by Gasteiger charge is -2.23. The molecule has 1 aromatic rings. The first-order valence-electron chi connectivity index (χ1n) is 7.97. The van der Waals surface area contributed by atoms with Gasteiger partial charge in [-0.3, -0.25) is 9.59 Å². The van der Waals surface area contributed by atoms with Crippen LogP contribution < -0.4 is 4.90 Å². The lowest BCUT2D eigenvalue weighted by molar-refractivity contribution is -0.134. The van der Waals surface area contributed by atoms with Crippen molar-refractivity contribution in [3.05, 3.63) is 30.3 Å². The topological polar surface area (TPSA) is 49.9 Å². The van der Waals surface area contributed by atoms with Gasteiger partial charge in [0.25, 0.3) is 0 Å². The molecule has 22 heavy (non-hydrogen) atoms. The maximum absolute atomic E-state index is 12.6. The molecule has 0 bridgehead atoms. The average molecular weight is 300 g/mol. The molecule has 0 saturated carbocycles. The molecule has 3 aliphatic heterocycles. The number of nitrogens with zero attached hydrogens (tertiary/aromatic N) is 2. The van der Waals surface area contributed by atoms with Crippen molar-refractivity contribution < 1.29 is 14.3 Å². The molecular weight excluding hydrogens is 280 g/mol. The summed E-state index contributed by atoms with van der Waals surface area (Å²) in [5, 5.41) is 0. The molecule has 5 heteroatoms. The first-order valence-corrected chi connectivity index (χ1v) is 7.97. The Morgan fingerprint density at radius 3 is 2.64 bits per heavy atom. The summed E-state index contributed by atoms with van der Waals surface area (Å²) < 4.78 is 5.31. The Morgan fingerprint density at radius 1 is 1.14 bits per heavy atom. The molecule has 5 nitrogen and oxygen atoms in total. The van der Waals surface area contributed by atoms with E-state index in [1.165, 1.54) is 0 Å². The van der Waals surface area contributed by atoms with Crippen LogP contribution in [0.4, 0.5) is 5.69 Å². The largest absolute Gasteiger partial charge is 0.381 e. The molecule has 3 heterocycles. The molecule has 0 aromatic heterocycles. The van der Waals surface area contributed by atoms with Gasteiger partial charge in [0.05, 0.1) is 18.4 Å². The summed E-state index contributed by atoms with van der Waals surface area (Å²) in [5.74, 6) is 0.560. The summed E-state index contributed by atoms with van der Waals surface area (Å²) in [7, 11) is 0. The fourth-order valence-corrected chi connectivity index (χ4v) is 3.87. The molecule has 3 atom stereocenters. The van der Waals surface area contributed by atoms with Crippen molar-refractivity contribution in [2.75, 3.05) is 37.7 Å². The van der Waals surface area contributed by atoms with Crippen LogP contribution in [0.15, 0.2) is 30.3 Å². The molecule has 0 N–H and O–H groups in total. The van der Waals surface area contributed by atoms with Crippen LogP contribution in [-0.2, 0) is 14.3 Å². The van der Waals surface area contributed by atoms with Gasteiger partial charge in [-0.1, -0.05) is 18.2 Å². The fraction of sp³-hybridized carbons (Fsp3) is 0.529. The SMILES string of the molecule is O=C([C@H]1CCOC1)N1C[C@H]2CN(c3ccccc3)C(=O)[C@H]2C1. The minimum atomic E-state index is -0.0357. The highest BCUT2D eigenvalue weighted by atomic mass is 16.5. The second-order valence-corrected chi connectivity index (χ2v) is 6.45. The van der Waals surface area contributed by atoms with Crippen LogP contribution in [0, 0.1) is 17.8 Å². The van der Waals surface area contributed by atoms with Gasteiger partial charge in [-0.15, -0.1) is 0 Å². The second kappa shape index (κ2) is 5.39. The molecule has 0 radical (unpaired) electrons. The normalized spacial score (nSPS) is 30.9. The number of rotatable bonds is 2. The quantitative estimate of drug-likeness (QED) is 0.823. The van der Waals surface area contributed by atoms with Gasteiger partial charge in [0.2, 0.25) is 11.8 Å². The van der Waals surface area contributed by atoms with E-state index in [-0.39, 0.29) is 29.6 Å². The Hall–Kier alpha value is -1.88. The average Bonchev–Trinajstić information content (AvgIpc) is 3.25. The fourth-order valence-electron chi connectivity index (χ4n) is 3.87. The van der Waals surface area contributed by atoms with E-state index in [0.29, 0.717) is 26.3 Å². The number of hydrogen-bond donors (Lipinski definition) is 0. The van der Waals surface area contributed by atoms with Crippen LogP contribution >= 0.6 is 0 Å². The third-order valence-electron chi connectivity index (χ3n) is 5.10. The highest BCUT2D eigenvalue weighted by Gasteiger charge is 2.48. The number of benzene rings is 1. The summed E-state index contributed by atoms with van der Waals surface area (Å²) in [4.78, 5) is 28.9. The van der Waals surface area contributed by atoms with E-state index >= 15 is 0 Å². The maximum atomic E-state index is 12.6. The van der Waals surface area contributed by atoms with Crippen LogP contribution in [0.2, 0.25) is 0 Å². The predicted octanol–water partition coefficient (Wildman–Crippen LogP) is 1.14. The maximum Gasteiger partial charge on any atom is 0.232 e. The third-order valence-corrected chi connectivity index (χ3v) is 5.10. The summed E-state index contributed by atoms with van der Waals surface area (Å²) in [6, 6.07) is 9.80. The van der Waals surface area contributed by atoms with Crippen molar-refractivity contribution in [2.24, 2.45) is 17.8 Å². The van der Waals surface area contributed by atoms with Crippen molar-refractivity contribution >= 4 is 17.5 Å². The Kier molecular flexibility index (Phi) is 3.37. The molecule has 0 spiro atoms. The molecule has 3 aliphatic rings. The Balaban J connectivity index is 1.45. The molecular formula is C17H20N2O3. The molecule has 0 unspecified atom stereocenters. The summed E-state index contributed by atoms with van der Waals surface area (Å²) in [5.41, 5.74) is 0.962. The van der Waals surface area contributed by atoms with Crippen molar-refractivity contribution in [1.82, 2.24) is 4.90 Å². The standard InChI is InChI=1S/C17H20N2O3/c20-16(12-6-7-22-11-12)18-8-13-9-19(17(21)15(13)10-18)14-4-2-1-3-5-14/h1-5,12-13,15H,6-11H2/t12-,13-,15-/m0/s1. The zero-order valence-corrected chi connectivity index (χ0v) is 12.5. The van der Waals surface area contributed by atoms with Crippen molar-refractivity contribution in [3.8, 4) is 0 Å². The van der Waals surface area contributed by atoms with Gasteiger partial charge in [0.15, 0.2) is 0 Å². The molecule has 116 valence electrons. The molecule has 3 saturated heterocycles. The third kappa shape index (κ3) is 2.20. The van der Waals surface area contributed by atoms with Gasteiger partial charge in [-0.05, 0) is 18.6 Å².